The van der Waals surface area contributed by atoms with Gasteiger partial charge in [-0.1, -0.05) is 18.2 Å². The summed E-state index contributed by atoms with van der Waals surface area (Å²) in [6.07, 6.45) is 2.77. The van der Waals surface area contributed by atoms with Crippen molar-refractivity contribution < 1.29 is 8.42 Å². The predicted molar refractivity (Wildman–Crippen MR) is 78.7 cm³/mol. The normalized spacial score (nSPS) is 11.1. The molecule has 2 rings (SSSR count). The van der Waals surface area contributed by atoms with Gasteiger partial charge in [-0.25, -0.2) is 8.42 Å². The molecule has 1 heterocycles. The van der Waals surface area contributed by atoms with Crippen LogP contribution in [0.2, 0.25) is 0 Å². The summed E-state index contributed by atoms with van der Waals surface area (Å²) in [5, 5.41) is 0. The van der Waals surface area contributed by atoms with Crippen molar-refractivity contribution >= 4 is 21.4 Å². The van der Waals surface area contributed by atoms with Crippen LogP contribution in [0.5, 0.6) is 0 Å². The van der Waals surface area contributed by atoms with E-state index >= 15 is 0 Å². The van der Waals surface area contributed by atoms with Crippen LogP contribution in [0.4, 0.5) is 11.4 Å². The van der Waals surface area contributed by atoms with Gasteiger partial charge in [-0.15, -0.1) is 0 Å². The van der Waals surface area contributed by atoms with Crippen LogP contribution in [0.3, 0.4) is 0 Å². The van der Waals surface area contributed by atoms with Gasteiger partial charge in [0.2, 0.25) is 0 Å². The average molecular weight is 292 g/mol. The first-order valence-corrected chi connectivity index (χ1v) is 7.53. The summed E-state index contributed by atoms with van der Waals surface area (Å²) in [5.41, 5.74) is 3.30. The quantitative estimate of drug-likeness (QED) is 0.645. The van der Waals surface area contributed by atoms with Crippen molar-refractivity contribution in [2.24, 2.45) is 5.84 Å². The third-order valence-electron chi connectivity index (χ3n) is 2.84. The molecule has 7 heteroatoms. The Kier molecular flexibility index (Phi) is 4.21. The van der Waals surface area contributed by atoms with E-state index in [1.807, 2.05) is 6.07 Å². The fourth-order valence-corrected chi connectivity index (χ4v) is 3.48. The van der Waals surface area contributed by atoms with E-state index in [1.54, 1.807) is 31.2 Å². The highest BCUT2D eigenvalue weighted by atomic mass is 32.2. The maximum Gasteiger partial charge on any atom is 0.267 e. The molecule has 0 saturated heterocycles. The van der Waals surface area contributed by atoms with Gasteiger partial charge in [0, 0.05) is 18.9 Å². The van der Waals surface area contributed by atoms with Crippen molar-refractivity contribution in [1.82, 2.24) is 4.98 Å². The van der Waals surface area contributed by atoms with Crippen LogP contribution in [0.25, 0.3) is 0 Å². The smallest absolute Gasteiger partial charge is 0.267 e. The molecule has 20 heavy (non-hydrogen) atoms. The summed E-state index contributed by atoms with van der Waals surface area (Å²) in [6.45, 7) is 2.09. The molecule has 106 valence electrons. The van der Waals surface area contributed by atoms with Gasteiger partial charge >= 0.3 is 0 Å². The first-order valence-electron chi connectivity index (χ1n) is 6.09. The molecule has 1 aromatic carbocycles. The van der Waals surface area contributed by atoms with Crippen molar-refractivity contribution in [2.75, 3.05) is 16.3 Å². The molecule has 0 radical (unpaired) electrons. The molecular weight excluding hydrogens is 276 g/mol. The second-order valence-corrected chi connectivity index (χ2v) is 5.85. The van der Waals surface area contributed by atoms with E-state index in [4.69, 9.17) is 5.84 Å². The maximum absolute atomic E-state index is 12.7. The van der Waals surface area contributed by atoms with Crippen LogP contribution < -0.4 is 15.6 Å². The zero-order valence-electron chi connectivity index (χ0n) is 11.0. The largest absolute Gasteiger partial charge is 0.323 e. The molecular formula is C13H16N4O2S. The number of pyridine rings is 1. The second kappa shape index (κ2) is 5.89. The standard InChI is InChI=1S/C13H16N4O2S/c1-2-17(11-6-4-3-5-7-11)20(18,19)13-10-15-9-8-12(13)16-14/h3-10H,2,14H2,1H3,(H,15,16). The van der Waals surface area contributed by atoms with Gasteiger partial charge in [0.1, 0.15) is 4.90 Å². The molecule has 2 aromatic rings. The van der Waals surface area contributed by atoms with E-state index in [0.717, 1.165) is 0 Å². The number of hydrogen-bond donors (Lipinski definition) is 2. The summed E-state index contributed by atoms with van der Waals surface area (Å²) in [5.74, 6) is 5.37. The minimum absolute atomic E-state index is 0.0493. The maximum atomic E-state index is 12.7. The molecule has 0 atom stereocenters. The Labute approximate surface area is 118 Å². The molecule has 0 amide bonds. The van der Waals surface area contributed by atoms with Gasteiger partial charge in [0.25, 0.3) is 10.0 Å². The zero-order valence-corrected chi connectivity index (χ0v) is 11.8. The number of anilines is 2. The fraction of sp³-hybridized carbons (Fsp3) is 0.154. The fourth-order valence-electron chi connectivity index (χ4n) is 1.91. The molecule has 3 N–H and O–H groups in total. The van der Waals surface area contributed by atoms with E-state index < -0.39 is 10.0 Å². The van der Waals surface area contributed by atoms with Gasteiger partial charge in [-0.05, 0) is 25.1 Å². The number of sulfonamides is 1. The molecule has 0 unspecified atom stereocenters. The van der Waals surface area contributed by atoms with Crippen molar-refractivity contribution in [3.8, 4) is 0 Å². The van der Waals surface area contributed by atoms with Gasteiger partial charge in [-0.2, -0.15) is 0 Å². The Morgan fingerprint density at radius 1 is 1.25 bits per heavy atom. The number of nitrogens with two attached hydrogens (primary N) is 1. The number of nitrogen functional groups attached to an aromatic ring is 1. The Morgan fingerprint density at radius 3 is 2.55 bits per heavy atom. The highest BCUT2D eigenvalue weighted by Crippen LogP contribution is 2.26. The average Bonchev–Trinajstić information content (AvgIpc) is 2.48. The SMILES string of the molecule is CCN(c1ccccc1)S(=O)(=O)c1cnccc1NN. The van der Waals surface area contributed by atoms with E-state index in [0.29, 0.717) is 17.9 Å². The number of aromatic nitrogens is 1. The summed E-state index contributed by atoms with van der Waals surface area (Å²) in [7, 11) is -3.72. The van der Waals surface area contributed by atoms with Crippen LogP contribution in [-0.2, 0) is 10.0 Å². The summed E-state index contributed by atoms with van der Waals surface area (Å²) >= 11 is 0. The van der Waals surface area contributed by atoms with E-state index in [9.17, 15) is 8.42 Å². The Morgan fingerprint density at radius 2 is 1.95 bits per heavy atom. The topological polar surface area (TPSA) is 88.3 Å². The van der Waals surface area contributed by atoms with Gasteiger partial charge in [-0.3, -0.25) is 15.1 Å². The van der Waals surface area contributed by atoms with E-state index in [1.165, 1.54) is 22.8 Å². The summed E-state index contributed by atoms with van der Waals surface area (Å²) < 4.78 is 26.8. The van der Waals surface area contributed by atoms with Crippen LogP contribution >= 0.6 is 0 Å². The zero-order chi connectivity index (χ0) is 14.6. The Bertz CT molecular complexity index is 674. The van der Waals surface area contributed by atoms with Crippen molar-refractivity contribution in [3.05, 3.63) is 48.8 Å². The first-order chi connectivity index (χ1) is 9.61. The number of rotatable bonds is 5. The molecule has 0 spiro atoms. The highest BCUT2D eigenvalue weighted by Gasteiger charge is 2.26. The molecule has 0 aliphatic rings. The summed E-state index contributed by atoms with van der Waals surface area (Å²) in [6, 6.07) is 10.4. The molecule has 0 saturated carbocycles. The Hall–Kier alpha value is -2.12. The molecule has 0 fully saturated rings. The minimum Gasteiger partial charge on any atom is -0.323 e. The number of benzene rings is 1. The van der Waals surface area contributed by atoms with Crippen molar-refractivity contribution in [2.45, 2.75) is 11.8 Å². The molecule has 1 aromatic heterocycles. The first kappa shape index (κ1) is 14.3. The number of para-hydroxylation sites is 1. The van der Waals surface area contributed by atoms with Gasteiger partial charge in [0.15, 0.2) is 0 Å². The van der Waals surface area contributed by atoms with E-state index in [-0.39, 0.29) is 4.90 Å². The van der Waals surface area contributed by atoms with Gasteiger partial charge < -0.3 is 5.43 Å². The predicted octanol–water partition coefficient (Wildman–Crippen LogP) is 1.58. The van der Waals surface area contributed by atoms with Crippen LogP contribution in [-0.4, -0.2) is 19.9 Å². The van der Waals surface area contributed by atoms with Crippen molar-refractivity contribution in [1.29, 1.82) is 0 Å². The lowest BCUT2D eigenvalue weighted by molar-refractivity contribution is 0.591. The molecule has 0 bridgehead atoms. The number of nitrogens with zero attached hydrogens (tertiary/aromatic N) is 2. The molecule has 0 aliphatic carbocycles. The number of nitrogens with one attached hydrogen (secondary N) is 1. The number of hydrogen-bond acceptors (Lipinski definition) is 5. The monoisotopic (exact) mass is 292 g/mol. The lowest BCUT2D eigenvalue weighted by Crippen LogP contribution is -2.31. The molecule has 6 nitrogen and oxygen atoms in total. The minimum atomic E-state index is -3.72. The third kappa shape index (κ3) is 2.59. The van der Waals surface area contributed by atoms with Crippen molar-refractivity contribution in [3.63, 3.8) is 0 Å². The highest BCUT2D eigenvalue weighted by molar-refractivity contribution is 7.93. The van der Waals surface area contributed by atoms with Gasteiger partial charge in [0.05, 0.1) is 11.4 Å². The molecule has 0 aliphatic heterocycles. The summed E-state index contributed by atoms with van der Waals surface area (Å²) in [4.78, 5) is 3.92. The lowest BCUT2D eigenvalue weighted by atomic mass is 10.3. The third-order valence-corrected chi connectivity index (χ3v) is 4.77. The van der Waals surface area contributed by atoms with E-state index in [2.05, 4.69) is 10.4 Å². The Balaban J connectivity index is 2.53. The van der Waals surface area contributed by atoms with Crippen LogP contribution in [0.15, 0.2) is 53.7 Å². The lowest BCUT2D eigenvalue weighted by Gasteiger charge is -2.23. The van der Waals surface area contributed by atoms with Crippen LogP contribution in [0, 0.1) is 0 Å². The number of hydrazine groups is 1. The van der Waals surface area contributed by atoms with Crippen LogP contribution in [0.1, 0.15) is 6.92 Å². The second-order valence-electron chi connectivity index (χ2n) is 4.02.